The van der Waals surface area contributed by atoms with E-state index in [-0.39, 0.29) is 11.5 Å². The number of carboxylic acid groups (broad SMARTS) is 1. The molecular formula is C31H35F6NO3. The van der Waals surface area contributed by atoms with Gasteiger partial charge in [-0.15, -0.1) is 0 Å². The molecule has 2 fully saturated rings. The zero-order valence-electron chi connectivity index (χ0n) is 23.1. The highest BCUT2D eigenvalue weighted by atomic mass is 19.4. The molecule has 1 saturated heterocycles. The summed E-state index contributed by atoms with van der Waals surface area (Å²) in [4.78, 5) is 13.6. The maximum atomic E-state index is 13.8. The number of aryl methyl sites for hydroxylation is 1. The average molecular weight is 584 g/mol. The SMILES string of the molecule is C[C@H](C(=O)O)[C@H](c1ccc2c(c1)OC1(CCCN([C@H](C)c3cc(C(F)(F)F)ccc3C(F)(F)F)CC1)CC2)C1CC1. The predicted octanol–water partition coefficient (Wildman–Crippen LogP) is 8.25. The summed E-state index contributed by atoms with van der Waals surface area (Å²) in [5.74, 6) is -0.384. The van der Waals surface area contributed by atoms with Crippen molar-refractivity contribution in [3.63, 3.8) is 0 Å². The summed E-state index contributed by atoms with van der Waals surface area (Å²) in [6, 6.07) is 6.78. The van der Waals surface area contributed by atoms with Crippen LogP contribution in [0.2, 0.25) is 0 Å². The number of carboxylic acids is 1. The fourth-order valence-corrected chi connectivity index (χ4v) is 6.77. The monoisotopic (exact) mass is 583 g/mol. The molecule has 0 amide bonds. The van der Waals surface area contributed by atoms with Gasteiger partial charge in [0.05, 0.1) is 17.0 Å². The molecule has 2 heterocycles. The van der Waals surface area contributed by atoms with Crippen molar-refractivity contribution < 1.29 is 41.0 Å². The second-order valence-corrected chi connectivity index (χ2v) is 12.0. The Morgan fingerprint density at radius 2 is 1.71 bits per heavy atom. The van der Waals surface area contributed by atoms with Gasteiger partial charge in [-0.3, -0.25) is 9.69 Å². The first-order chi connectivity index (χ1) is 19.2. The minimum Gasteiger partial charge on any atom is -0.487 e. The lowest BCUT2D eigenvalue weighted by Crippen LogP contribution is -2.41. The molecule has 41 heavy (non-hydrogen) atoms. The lowest BCUT2D eigenvalue weighted by molar-refractivity contribution is -0.142. The number of benzene rings is 2. The van der Waals surface area contributed by atoms with Crippen molar-refractivity contribution in [2.45, 2.75) is 88.7 Å². The second kappa shape index (κ2) is 10.8. The molecule has 4 nitrogen and oxygen atoms in total. The highest BCUT2D eigenvalue weighted by Gasteiger charge is 2.43. The van der Waals surface area contributed by atoms with E-state index in [4.69, 9.17) is 4.74 Å². The molecule has 1 N–H and O–H groups in total. The Balaban J connectivity index is 1.36. The molecule has 1 unspecified atom stereocenters. The Hall–Kier alpha value is -2.75. The fourth-order valence-electron chi connectivity index (χ4n) is 6.77. The maximum absolute atomic E-state index is 13.8. The van der Waals surface area contributed by atoms with Crippen molar-refractivity contribution in [2.75, 3.05) is 13.1 Å². The number of rotatable bonds is 6. The van der Waals surface area contributed by atoms with Crippen LogP contribution in [0.1, 0.15) is 92.1 Å². The molecular weight excluding hydrogens is 548 g/mol. The van der Waals surface area contributed by atoms with E-state index < -0.39 is 47.0 Å². The van der Waals surface area contributed by atoms with E-state index in [2.05, 4.69) is 0 Å². The van der Waals surface area contributed by atoms with Gasteiger partial charge in [0.15, 0.2) is 0 Å². The van der Waals surface area contributed by atoms with Gasteiger partial charge in [0.2, 0.25) is 0 Å². The van der Waals surface area contributed by atoms with E-state index in [1.807, 2.05) is 23.1 Å². The van der Waals surface area contributed by atoms with Crippen LogP contribution in [-0.2, 0) is 23.6 Å². The van der Waals surface area contributed by atoms with Gasteiger partial charge in [-0.05, 0) is 111 Å². The molecule has 1 spiro atoms. The zero-order chi connectivity index (χ0) is 29.7. The zero-order valence-corrected chi connectivity index (χ0v) is 23.1. The largest absolute Gasteiger partial charge is 0.487 e. The normalized spacial score (nSPS) is 24.2. The number of hydrogen-bond acceptors (Lipinski definition) is 3. The lowest BCUT2D eigenvalue weighted by atomic mass is 9.81. The van der Waals surface area contributed by atoms with Gasteiger partial charge in [-0.2, -0.15) is 26.3 Å². The molecule has 2 aliphatic heterocycles. The van der Waals surface area contributed by atoms with Crippen LogP contribution in [0.15, 0.2) is 36.4 Å². The average Bonchev–Trinajstić information content (AvgIpc) is 3.75. The van der Waals surface area contributed by atoms with Crippen molar-refractivity contribution in [1.29, 1.82) is 0 Å². The minimum absolute atomic E-state index is 0.0972. The molecule has 0 radical (unpaired) electrons. The molecule has 1 aliphatic carbocycles. The molecule has 0 bridgehead atoms. The number of carbonyl (C=O) groups is 1. The van der Waals surface area contributed by atoms with Crippen LogP contribution in [0.5, 0.6) is 5.75 Å². The highest BCUT2D eigenvalue weighted by Crippen LogP contribution is 2.49. The number of fused-ring (bicyclic) bond motifs is 1. The molecule has 2 aromatic carbocycles. The summed E-state index contributed by atoms with van der Waals surface area (Å²) in [6.07, 6.45) is -4.20. The van der Waals surface area contributed by atoms with Gasteiger partial charge in [-0.1, -0.05) is 19.1 Å². The first-order valence-corrected chi connectivity index (χ1v) is 14.3. The van der Waals surface area contributed by atoms with Crippen molar-refractivity contribution in [3.05, 3.63) is 64.2 Å². The maximum Gasteiger partial charge on any atom is 0.416 e. The first kappa shape index (κ1) is 29.7. The summed E-state index contributed by atoms with van der Waals surface area (Å²) in [7, 11) is 0. The van der Waals surface area contributed by atoms with Crippen molar-refractivity contribution >= 4 is 5.97 Å². The van der Waals surface area contributed by atoms with E-state index in [1.54, 1.807) is 6.92 Å². The highest BCUT2D eigenvalue weighted by molar-refractivity contribution is 5.71. The number of hydrogen-bond donors (Lipinski definition) is 1. The Kier molecular flexibility index (Phi) is 7.85. The standard InChI is InChI=1S/C31H35F6NO3/c1-18(28(39)40)27(21-5-6-21)22-7-4-20-10-12-29(41-26(20)16-22)11-3-14-38(15-13-29)19(2)24-17-23(30(32,33)34)8-9-25(24)31(35,36)37/h4,7-9,16-19,21,27H,3,5-6,10-15H2,1-2H3,(H,39,40)/t18-,19+,27-,29?/m0/s1. The van der Waals surface area contributed by atoms with E-state index in [0.29, 0.717) is 56.5 Å². The first-order valence-electron chi connectivity index (χ1n) is 14.3. The van der Waals surface area contributed by atoms with Crippen LogP contribution in [0.4, 0.5) is 26.3 Å². The van der Waals surface area contributed by atoms with Gasteiger partial charge in [0.1, 0.15) is 11.4 Å². The van der Waals surface area contributed by atoms with Crippen LogP contribution in [0.25, 0.3) is 0 Å². The molecule has 3 aliphatic rings. The van der Waals surface area contributed by atoms with Crippen molar-refractivity contribution in [2.24, 2.45) is 11.8 Å². The van der Waals surface area contributed by atoms with Crippen molar-refractivity contribution in [3.8, 4) is 5.75 Å². The number of halogens is 6. The molecule has 2 aromatic rings. The Morgan fingerprint density at radius 1 is 0.976 bits per heavy atom. The molecule has 10 heteroatoms. The summed E-state index contributed by atoms with van der Waals surface area (Å²) in [6.45, 7) is 4.09. The molecule has 224 valence electrons. The van der Waals surface area contributed by atoms with Crippen LogP contribution in [0.3, 0.4) is 0 Å². The second-order valence-electron chi connectivity index (χ2n) is 12.0. The summed E-state index contributed by atoms with van der Waals surface area (Å²) >= 11 is 0. The third-order valence-electron chi connectivity index (χ3n) is 9.33. The van der Waals surface area contributed by atoms with Crippen molar-refractivity contribution in [1.82, 2.24) is 4.90 Å². The van der Waals surface area contributed by atoms with Gasteiger partial charge < -0.3 is 9.84 Å². The number of aliphatic carboxylic acids is 1. The third-order valence-corrected chi connectivity index (χ3v) is 9.33. The van der Waals surface area contributed by atoms with E-state index in [1.165, 1.54) is 6.92 Å². The Labute approximate surface area is 235 Å². The third kappa shape index (κ3) is 6.22. The van der Waals surface area contributed by atoms with Crippen LogP contribution in [-0.4, -0.2) is 34.7 Å². The molecule has 0 aromatic heterocycles. The van der Waals surface area contributed by atoms with Crippen LogP contribution in [0, 0.1) is 11.8 Å². The summed E-state index contributed by atoms with van der Waals surface area (Å²) in [5.41, 5.74) is -1.05. The predicted molar refractivity (Wildman–Crippen MR) is 141 cm³/mol. The van der Waals surface area contributed by atoms with Gasteiger partial charge in [0, 0.05) is 12.6 Å². The van der Waals surface area contributed by atoms with E-state index in [9.17, 15) is 36.2 Å². The van der Waals surface area contributed by atoms with Gasteiger partial charge in [-0.25, -0.2) is 0 Å². The summed E-state index contributed by atoms with van der Waals surface area (Å²) in [5, 5.41) is 9.67. The van der Waals surface area contributed by atoms with Gasteiger partial charge >= 0.3 is 18.3 Å². The smallest absolute Gasteiger partial charge is 0.416 e. The van der Waals surface area contributed by atoms with Crippen LogP contribution < -0.4 is 4.74 Å². The van der Waals surface area contributed by atoms with Gasteiger partial charge in [0.25, 0.3) is 0 Å². The molecule has 1 saturated carbocycles. The number of alkyl halides is 6. The molecule has 4 atom stereocenters. The fraction of sp³-hybridized carbons (Fsp3) is 0.581. The van der Waals surface area contributed by atoms with E-state index in [0.717, 1.165) is 42.6 Å². The number of ether oxygens (including phenoxy) is 1. The Morgan fingerprint density at radius 3 is 2.34 bits per heavy atom. The number of likely N-dealkylation sites (tertiary alicyclic amines) is 1. The number of nitrogens with zero attached hydrogens (tertiary/aromatic N) is 1. The topological polar surface area (TPSA) is 49.8 Å². The van der Waals surface area contributed by atoms with Crippen LogP contribution >= 0.6 is 0 Å². The lowest BCUT2D eigenvalue weighted by Gasteiger charge is -2.39. The van der Waals surface area contributed by atoms with E-state index >= 15 is 0 Å². The quantitative estimate of drug-likeness (QED) is 0.348. The molecule has 5 rings (SSSR count). The minimum atomic E-state index is -4.77. The summed E-state index contributed by atoms with van der Waals surface area (Å²) < 4.78 is 88.2. The Bertz CT molecular complexity index is 1290.